The minimum absolute atomic E-state index is 0. The molecule has 0 saturated heterocycles. The van der Waals surface area contributed by atoms with Crippen molar-refractivity contribution in [1.82, 2.24) is 9.97 Å². The van der Waals surface area contributed by atoms with Gasteiger partial charge in [-0.15, -0.1) is 28.8 Å². The van der Waals surface area contributed by atoms with Gasteiger partial charge in [-0.2, -0.15) is 12.5 Å². The summed E-state index contributed by atoms with van der Waals surface area (Å²) in [6.07, 6.45) is 29.6. The first-order valence-electron chi connectivity index (χ1n) is 16.4. The Morgan fingerprint density at radius 3 is 2.80 bits per heavy atom. The molecule has 5 heteroatoms. The molecule has 40 heavy (non-hydrogen) atoms. The zero-order valence-electron chi connectivity index (χ0n) is 28.7. The van der Waals surface area contributed by atoms with E-state index in [9.17, 15) is 5.41 Å². The maximum atomic E-state index is 9.58. The first-order chi connectivity index (χ1) is 21.5. The van der Waals surface area contributed by atoms with E-state index in [2.05, 4.69) is 36.2 Å². The summed E-state index contributed by atoms with van der Waals surface area (Å²) in [6.45, 7) is 3.07. The second-order valence-corrected chi connectivity index (χ2v) is 10.8. The molecular weight excluding hydrogens is 687 g/mol. The average Bonchev–Trinajstić information content (AvgIpc) is 3.42. The molecule has 0 unspecified atom stereocenters. The third-order valence-corrected chi connectivity index (χ3v) is 7.84. The van der Waals surface area contributed by atoms with Crippen LogP contribution < -0.4 is 9.75 Å². The standard InChI is InChI=1S/C17H18NS.C12H13N.C6H7N.Ir/c1-2-6-12(7-3-1)16-17-14(10-11-18-16)13-8-4-5-9-15(13)19-17;1-10(2)8-9-12(13)11-6-4-3-5-7-11;1-6-3-2-4-7-5-6;/h5,8-12H,1-4,6-7H2;3-4,6-9H,1,5H2,2H3;2-5H,1H3;/q-1;-2;;+3/b;9-8-;;/i;;1D3,2D,3D,5D;. The number of pyridine rings is 2. The largest absolute Gasteiger partial charge is 3.00 e. The number of hydrogen-bond donors (Lipinski definition) is 0. The smallest absolute Gasteiger partial charge is 0.872 e. The number of hydrogen-bond acceptors (Lipinski definition) is 3. The molecule has 1 fully saturated rings. The van der Waals surface area contributed by atoms with Gasteiger partial charge in [0.2, 0.25) is 0 Å². The Morgan fingerprint density at radius 1 is 1.23 bits per heavy atom. The molecule has 0 aromatic carbocycles. The molecule has 208 valence electrons. The van der Waals surface area contributed by atoms with Crippen LogP contribution in [0.1, 0.15) is 77.3 Å². The molecule has 3 heterocycles. The molecule has 0 atom stereocenters. The van der Waals surface area contributed by atoms with Gasteiger partial charge in [-0.25, -0.2) is 29.4 Å². The van der Waals surface area contributed by atoms with Crippen molar-refractivity contribution in [2.75, 3.05) is 0 Å². The van der Waals surface area contributed by atoms with E-state index in [4.69, 9.17) is 13.2 Å². The number of nitrogens with zero attached hydrogens (tertiary/aromatic N) is 3. The van der Waals surface area contributed by atoms with E-state index < -0.39 is 24.6 Å². The summed E-state index contributed by atoms with van der Waals surface area (Å²) in [5.74, 6) is 0.696. The number of thiophene rings is 1. The summed E-state index contributed by atoms with van der Waals surface area (Å²) >= 11 is 1.94. The monoisotopic (exact) mass is 731 g/mol. The zero-order chi connectivity index (χ0) is 32.6. The van der Waals surface area contributed by atoms with Crippen LogP contribution in [0.5, 0.6) is 0 Å². The third-order valence-electron chi connectivity index (χ3n) is 6.63. The fourth-order valence-corrected chi connectivity index (χ4v) is 6.03. The molecule has 0 amide bonds. The molecule has 3 aromatic rings. The van der Waals surface area contributed by atoms with E-state index in [0.717, 1.165) is 30.2 Å². The molecule has 0 radical (unpaired) electrons. The Labute approximate surface area is 265 Å². The molecule has 3 aliphatic rings. The number of aromatic nitrogens is 2. The Morgan fingerprint density at radius 2 is 2.08 bits per heavy atom. The van der Waals surface area contributed by atoms with Crippen LogP contribution in [0.25, 0.3) is 27.6 Å². The molecular formula is C35H38IrN3S. The fourth-order valence-electron chi connectivity index (χ4n) is 4.73. The summed E-state index contributed by atoms with van der Waals surface area (Å²) in [6, 6.07) is 1.48. The molecule has 6 rings (SSSR count). The van der Waals surface area contributed by atoms with E-state index in [1.807, 2.05) is 49.1 Å². The predicted octanol–water partition coefficient (Wildman–Crippen LogP) is 8.12. The van der Waals surface area contributed by atoms with E-state index in [0.29, 0.717) is 11.6 Å². The topological polar surface area (TPSA) is 48.1 Å². The van der Waals surface area contributed by atoms with Gasteiger partial charge >= 0.3 is 20.1 Å². The summed E-state index contributed by atoms with van der Waals surface area (Å²) < 4.78 is 45.6. The van der Waals surface area contributed by atoms with Gasteiger partial charge in [-0.1, -0.05) is 61.6 Å². The zero-order valence-corrected chi connectivity index (χ0v) is 26.0. The maximum absolute atomic E-state index is 9.58. The Kier molecular flexibility index (Phi) is 9.67. The minimum Gasteiger partial charge on any atom is -0.872 e. The Hall–Kier alpha value is -2.98. The number of rotatable bonds is 4. The van der Waals surface area contributed by atoms with Gasteiger partial charge in [-0.3, -0.25) is 15.7 Å². The van der Waals surface area contributed by atoms with Crippen LogP contribution in [0.15, 0.2) is 84.8 Å². The SMILES string of the molecule is C1=c2sc3c(C4CCCCC4)nccc3c2=CC[CH-]1.C=C(C)/C=C\C(=[N-])C1=CC=CC[CH-]1.[2H]c1cnc([2H])c(C([2H])([2H])[2H])c1[2H].[Ir+3]. The number of fused-ring (bicyclic) bond motifs is 3. The second-order valence-electron chi connectivity index (χ2n) is 9.70. The van der Waals surface area contributed by atoms with Crippen molar-refractivity contribution in [1.29, 1.82) is 0 Å². The van der Waals surface area contributed by atoms with Crippen LogP contribution in [-0.2, 0) is 20.1 Å². The van der Waals surface area contributed by atoms with Crippen LogP contribution in [0, 0.1) is 19.7 Å². The Balaban J connectivity index is 0.000000192. The summed E-state index contributed by atoms with van der Waals surface area (Å²) in [5.41, 5.74) is 3.02. The predicted molar refractivity (Wildman–Crippen MR) is 170 cm³/mol. The summed E-state index contributed by atoms with van der Waals surface area (Å²) in [4.78, 5) is 8.15. The fraction of sp³-hybridized carbons (Fsp3) is 0.286. The molecule has 0 aliphatic heterocycles. The van der Waals surface area contributed by atoms with Crippen molar-refractivity contribution >= 4 is 39.3 Å². The quantitative estimate of drug-likeness (QED) is 0.155. The second kappa shape index (κ2) is 16.3. The minimum atomic E-state index is -2.54. The van der Waals surface area contributed by atoms with Gasteiger partial charge in [0, 0.05) is 33.3 Å². The molecule has 3 aromatic heterocycles. The van der Waals surface area contributed by atoms with Crippen molar-refractivity contribution in [3.05, 3.63) is 124 Å². The summed E-state index contributed by atoms with van der Waals surface area (Å²) in [5, 5.41) is 12.5. The van der Waals surface area contributed by atoms with E-state index in [1.165, 1.54) is 57.6 Å². The van der Waals surface area contributed by atoms with E-state index >= 15 is 0 Å². The van der Waals surface area contributed by atoms with E-state index in [1.54, 1.807) is 12.2 Å². The van der Waals surface area contributed by atoms with Crippen LogP contribution in [0.2, 0.25) is 0 Å². The molecule has 3 nitrogen and oxygen atoms in total. The van der Waals surface area contributed by atoms with Crippen LogP contribution in [-0.4, -0.2) is 15.7 Å². The number of allylic oxidation sites excluding steroid dienone is 7. The first-order valence-corrected chi connectivity index (χ1v) is 14.2. The van der Waals surface area contributed by atoms with Crippen molar-refractivity contribution in [2.24, 2.45) is 0 Å². The first kappa shape index (κ1) is 23.7. The van der Waals surface area contributed by atoms with Gasteiger partial charge < -0.3 is 5.41 Å². The van der Waals surface area contributed by atoms with Gasteiger partial charge in [-0.05, 0) is 49.7 Å². The molecule has 0 N–H and O–H groups in total. The molecule has 3 aliphatic carbocycles. The van der Waals surface area contributed by atoms with Crippen LogP contribution in [0.3, 0.4) is 0 Å². The van der Waals surface area contributed by atoms with Crippen molar-refractivity contribution in [3.8, 4) is 0 Å². The third kappa shape index (κ3) is 9.02. The van der Waals surface area contributed by atoms with Crippen LogP contribution >= 0.6 is 11.3 Å². The van der Waals surface area contributed by atoms with Crippen molar-refractivity contribution in [2.45, 2.75) is 64.6 Å². The van der Waals surface area contributed by atoms with Crippen LogP contribution in [0.4, 0.5) is 0 Å². The van der Waals surface area contributed by atoms with Gasteiger partial charge in [0.1, 0.15) is 0 Å². The molecule has 0 bridgehead atoms. The normalized spacial score (nSPS) is 18.2. The van der Waals surface area contributed by atoms with Gasteiger partial charge in [0.15, 0.2) is 0 Å². The van der Waals surface area contributed by atoms with Gasteiger partial charge in [0.25, 0.3) is 0 Å². The van der Waals surface area contributed by atoms with Crippen molar-refractivity contribution in [3.63, 3.8) is 0 Å². The summed E-state index contributed by atoms with van der Waals surface area (Å²) in [7, 11) is 0. The molecule has 0 spiro atoms. The van der Waals surface area contributed by atoms with E-state index in [-0.39, 0.29) is 26.1 Å². The average molecular weight is 731 g/mol. The Bertz CT molecular complexity index is 1770. The van der Waals surface area contributed by atoms with Gasteiger partial charge in [0.05, 0.1) is 9.81 Å². The van der Waals surface area contributed by atoms with Crippen molar-refractivity contribution < 1.29 is 28.3 Å². The molecule has 1 saturated carbocycles. The maximum Gasteiger partial charge on any atom is 3.00 e.